The van der Waals surface area contributed by atoms with E-state index in [2.05, 4.69) is 24.1 Å². The van der Waals surface area contributed by atoms with Gasteiger partial charge in [-0.15, -0.1) is 0 Å². The predicted octanol–water partition coefficient (Wildman–Crippen LogP) is 1.26. The van der Waals surface area contributed by atoms with Crippen LogP contribution in [0.25, 0.3) is 0 Å². The average molecular weight is 377 g/mol. The maximum Gasteiger partial charge on any atom is 0.255 e. The number of hydrogen-bond acceptors (Lipinski definition) is 6. The fraction of sp³-hybridized carbons (Fsp3) is 0.650. The molecule has 0 saturated carbocycles. The lowest BCUT2D eigenvalue weighted by Crippen LogP contribution is -2.48. The maximum atomic E-state index is 12.8. The van der Waals surface area contributed by atoms with Gasteiger partial charge in [-0.25, -0.2) is 0 Å². The van der Waals surface area contributed by atoms with Crippen molar-refractivity contribution in [2.45, 2.75) is 38.5 Å². The monoisotopic (exact) mass is 377 g/mol. The number of benzene rings is 1. The summed E-state index contributed by atoms with van der Waals surface area (Å²) in [4.78, 5) is 15.3. The Morgan fingerprint density at radius 3 is 2.93 bits per heavy atom. The first kappa shape index (κ1) is 19.9. The van der Waals surface area contributed by atoms with Crippen molar-refractivity contribution in [1.82, 2.24) is 10.2 Å². The number of carbonyl (C=O) groups is 1. The van der Waals surface area contributed by atoms with Gasteiger partial charge in [0.15, 0.2) is 0 Å². The molecular formula is C20H31N3O4. The number of rotatable bonds is 7. The minimum atomic E-state index is -0.129. The third kappa shape index (κ3) is 4.72. The Bertz CT molecular complexity index is 652. The number of nitrogens with two attached hydrogens (primary N) is 1. The summed E-state index contributed by atoms with van der Waals surface area (Å²) in [5.74, 6) is 1.52. The van der Waals surface area contributed by atoms with Crippen LogP contribution in [0, 0.1) is 5.92 Å². The summed E-state index contributed by atoms with van der Waals surface area (Å²) in [6.45, 7) is 7.64. The third-order valence-electron chi connectivity index (χ3n) is 5.33. The summed E-state index contributed by atoms with van der Waals surface area (Å²) in [6, 6.07) is 5.73. The minimum Gasteiger partial charge on any atom is -0.497 e. The number of fused-ring (bicyclic) bond motifs is 1. The molecule has 1 amide bonds. The standard InChI is InChI=1S/C20H31N3O4/c1-13(2)19-11-23-10-14(8-15(23)12-27-19)22-20(24)17-5-4-16(25-3)9-18(17)26-7-6-21/h4-5,9,13-15,19H,6-8,10-12,21H2,1-3H3,(H,22,24)/t14-,15+,19+/m1/s1. The van der Waals surface area contributed by atoms with Crippen molar-refractivity contribution in [3.63, 3.8) is 0 Å². The van der Waals surface area contributed by atoms with E-state index in [1.807, 2.05) is 0 Å². The Morgan fingerprint density at radius 2 is 2.22 bits per heavy atom. The number of morpholine rings is 1. The lowest BCUT2D eigenvalue weighted by molar-refractivity contribution is -0.0683. The lowest BCUT2D eigenvalue weighted by atomic mass is 10.0. The van der Waals surface area contributed by atoms with Crippen LogP contribution in [0.5, 0.6) is 11.5 Å². The number of carbonyl (C=O) groups excluding carboxylic acids is 1. The first-order valence-electron chi connectivity index (χ1n) is 9.69. The lowest BCUT2D eigenvalue weighted by Gasteiger charge is -2.36. The Hall–Kier alpha value is -1.83. The Balaban J connectivity index is 1.64. The Labute approximate surface area is 161 Å². The van der Waals surface area contributed by atoms with Crippen molar-refractivity contribution in [3.05, 3.63) is 23.8 Å². The van der Waals surface area contributed by atoms with Gasteiger partial charge in [0.1, 0.15) is 18.1 Å². The zero-order chi connectivity index (χ0) is 19.4. The van der Waals surface area contributed by atoms with Gasteiger partial charge in [-0.2, -0.15) is 0 Å². The number of nitrogens with zero attached hydrogens (tertiary/aromatic N) is 1. The van der Waals surface area contributed by atoms with Gasteiger partial charge in [-0.1, -0.05) is 13.8 Å². The molecule has 1 aromatic rings. The van der Waals surface area contributed by atoms with Crippen LogP contribution in [0.15, 0.2) is 18.2 Å². The van der Waals surface area contributed by atoms with Gasteiger partial charge < -0.3 is 25.3 Å². The topological polar surface area (TPSA) is 86.0 Å². The number of nitrogens with one attached hydrogen (secondary N) is 1. The first-order chi connectivity index (χ1) is 13.0. The number of hydrogen-bond donors (Lipinski definition) is 2. The first-order valence-corrected chi connectivity index (χ1v) is 9.69. The molecule has 2 heterocycles. The smallest absolute Gasteiger partial charge is 0.255 e. The van der Waals surface area contributed by atoms with Crippen LogP contribution >= 0.6 is 0 Å². The molecule has 2 aliphatic rings. The van der Waals surface area contributed by atoms with Gasteiger partial charge >= 0.3 is 0 Å². The molecule has 1 aromatic carbocycles. The average Bonchev–Trinajstić information content (AvgIpc) is 3.07. The van der Waals surface area contributed by atoms with Crippen molar-refractivity contribution < 1.29 is 19.0 Å². The molecule has 7 heteroatoms. The molecule has 0 radical (unpaired) electrons. The number of ether oxygens (including phenoxy) is 3. The molecule has 27 heavy (non-hydrogen) atoms. The second-order valence-corrected chi connectivity index (χ2v) is 7.63. The molecule has 0 spiro atoms. The van der Waals surface area contributed by atoms with Gasteiger partial charge in [-0.05, 0) is 24.5 Å². The van der Waals surface area contributed by atoms with Gasteiger partial charge in [-0.3, -0.25) is 9.69 Å². The van der Waals surface area contributed by atoms with Crippen molar-refractivity contribution in [1.29, 1.82) is 0 Å². The van der Waals surface area contributed by atoms with Crippen LogP contribution in [0.4, 0.5) is 0 Å². The summed E-state index contributed by atoms with van der Waals surface area (Å²) in [6.07, 6.45) is 1.18. The summed E-state index contributed by atoms with van der Waals surface area (Å²) < 4.78 is 16.9. The van der Waals surface area contributed by atoms with E-state index in [0.717, 1.165) is 26.1 Å². The second-order valence-electron chi connectivity index (χ2n) is 7.63. The molecule has 3 atom stereocenters. The highest BCUT2D eigenvalue weighted by molar-refractivity contribution is 5.97. The quantitative estimate of drug-likeness (QED) is 0.744. The van der Waals surface area contributed by atoms with Crippen LogP contribution in [-0.2, 0) is 4.74 Å². The van der Waals surface area contributed by atoms with Gasteiger partial charge in [0.05, 0.1) is 25.4 Å². The molecule has 150 valence electrons. The normalized spacial score (nSPS) is 25.3. The summed E-state index contributed by atoms with van der Waals surface area (Å²) in [7, 11) is 1.59. The molecule has 2 aliphatic heterocycles. The molecule has 0 unspecified atom stereocenters. The van der Waals surface area contributed by atoms with E-state index in [1.165, 1.54) is 0 Å². The van der Waals surface area contributed by atoms with Crippen molar-refractivity contribution in [2.24, 2.45) is 11.7 Å². The summed E-state index contributed by atoms with van der Waals surface area (Å²) in [5.41, 5.74) is 6.04. The highest BCUT2D eigenvalue weighted by Gasteiger charge is 2.38. The van der Waals surface area contributed by atoms with Crippen LogP contribution in [0.2, 0.25) is 0 Å². The number of amides is 1. The van der Waals surface area contributed by atoms with E-state index in [-0.39, 0.29) is 18.1 Å². The largest absolute Gasteiger partial charge is 0.497 e. The van der Waals surface area contributed by atoms with E-state index in [4.69, 9.17) is 19.9 Å². The van der Waals surface area contributed by atoms with Gasteiger partial charge in [0, 0.05) is 37.8 Å². The van der Waals surface area contributed by atoms with Crippen LogP contribution in [-0.4, -0.2) is 69.0 Å². The van der Waals surface area contributed by atoms with E-state index < -0.39 is 0 Å². The molecule has 0 aliphatic carbocycles. The van der Waals surface area contributed by atoms with Crippen LogP contribution in [0.3, 0.4) is 0 Å². The van der Waals surface area contributed by atoms with Crippen molar-refractivity contribution in [3.8, 4) is 11.5 Å². The molecular weight excluding hydrogens is 346 g/mol. The van der Waals surface area contributed by atoms with Crippen LogP contribution in [0.1, 0.15) is 30.6 Å². The highest BCUT2D eigenvalue weighted by atomic mass is 16.5. The van der Waals surface area contributed by atoms with E-state index in [9.17, 15) is 4.79 Å². The molecule has 7 nitrogen and oxygen atoms in total. The van der Waals surface area contributed by atoms with Crippen molar-refractivity contribution >= 4 is 5.91 Å². The van der Waals surface area contributed by atoms with E-state index in [1.54, 1.807) is 25.3 Å². The molecule has 0 aromatic heterocycles. The Kier molecular flexibility index (Phi) is 6.57. The SMILES string of the molecule is COc1ccc(C(=O)N[C@@H]2C[C@H]3CO[C@H](C(C)C)CN3C2)c(OCCN)c1. The van der Waals surface area contributed by atoms with Gasteiger partial charge in [0.25, 0.3) is 5.91 Å². The second kappa shape index (κ2) is 8.91. The fourth-order valence-corrected chi connectivity index (χ4v) is 3.78. The summed E-state index contributed by atoms with van der Waals surface area (Å²) >= 11 is 0. The minimum absolute atomic E-state index is 0.112. The fourth-order valence-electron chi connectivity index (χ4n) is 3.78. The van der Waals surface area contributed by atoms with Gasteiger partial charge in [0.2, 0.25) is 0 Å². The Morgan fingerprint density at radius 1 is 1.41 bits per heavy atom. The molecule has 0 bridgehead atoms. The zero-order valence-corrected chi connectivity index (χ0v) is 16.4. The summed E-state index contributed by atoms with van der Waals surface area (Å²) in [5, 5.41) is 3.16. The maximum absolute atomic E-state index is 12.8. The highest BCUT2D eigenvalue weighted by Crippen LogP contribution is 2.28. The zero-order valence-electron chi connectivity index (χ0n) is 16.4. The molecule has 3 N–H and O–H groups in total. The van der Waals surface area contributed by atoms with E-state index in [0.29, 0.717) is 42.2 Å². The number of methoxy groups -OCH3 is 1. The molecule has 3 rings (SSSR count). The third-order valence-corrected chi connectivity index (χ3v) is 5.33. The van der Waals surface area contributed by atoms with Crippen molar-refractivity contribution in [2.75, 3.05) is 40.0 Å². The predicted molar refractivity (Wildman–Crippen MR) is 103 cm³/mol. The molecule has 2 saturated heterocycles. The molecule has 2 fully saturated rings. The van der Waals surface area contributed by atoms with Crippen LogP contribution < -0.4 is 20.5 Å². The van der Waals surface area contributed by atoms with E-state index >= 15 is 0 Å².